The van der Waals surface area contributed by atoms with E-state index in [1.807, 2.05) is 48.5 Å². The van der Waals surface area contributed by atoms with Gasteiger partial charge in [-0.1, -0.05) is 24.3 Å². The van der Waals surface area contributed by atoms with Gasteiger partial charge in [-0.2, -0.15) is 0 Å². The van der Waals surface area contributed by atoms with Crippen LogP contribution in [-0.2, 0) is 4.79 Å². The number of pyridine rings is 1. The average molecular weight is 265 g/mol. The Balaban J connectivity index is 2.17. The zero-order chi connectivity index (χ0) is 14.1. The Kier molecular flexibility index (Phi) is 3.08. The van der Waals surface area contributed by atoms with Gasteiger partial charge >= 0.3 is 0 Å². The first-order chi connectivity index (χ1) is 9.65. The predicted octanol–water partition coefficient (Wildman–Crippen LogP) is 2.67. The lowest BCUT2D eigenvalue weighted by molar-refractivity contribution is -0.117. The second kappa shape index (κ2) is 4.90. The van der Waals surface area contributed by atoms with Crippen molar-refractivity contribution in [1.29, 1.82) is 0 Å². The van der Waals surface area contributed by atoms with Crippen LogP contribution in [0.3, 0.4) is 0 Å². The molecule has 0 fully saturated rings. The van der Waals surface area contributed by atoms with Crippen molar-refractivity contribution in [3.63, 3.8) is 0 Å². The Bertz CT molecular complexity index is 796. The van der Waals surface area contributed by atoms with Gasteiger partial charge in [-0.05, 0) is 31.2 Å². The van der Waals surface area contributed by atoms with Gasteiger partial charge < -0.3 is 11.1 Å². The number of nitrogens with one attached hydrogen (secondary N) is 1. The van der Waals surface area contributed by atoms with E-state index < -0.39 is 6.04 Å². The van der Waals surface area contributed by atoms with E-state index in [4.69, 9.17) is 5.73 Å². The molecule has 100 valence electrons. The first kappa shape index (κ1) is 12.6. The number of nitrogens with zero attached hydrogens (tertiary/aromatic N) is 1. The van der Waals surface area contributed by atoms with Crippen molar-refractivity contribution in [2.45, 2.75) is 13.0 Å². The van der Waals surface area contributed by atoms with Gasteiger partial charge in [0.1, 0.15) is 0 Å². The van der Waals surface area contributed by atoms with Crippen LogP contribution in [0.2, 0.25) is 0 Å². The Morgan fingerprint density at radius 3 is 2.70 bits per heavy atom. The average Bonchev–Trinajstić information content (AvgIpc) is 2.45. The summed E-state index contributed by atoms with van der Waals surface area (Å²) >= 11 is 0. The zero-order valence-corrected chi connectivity index (χ0v) is 11.1. The normalized spacial score (nSPS) is 12.5. The van der Waals surface area contributed by atoms with Gasteiger partial charge in [0.2, 0.25) is 5.91 Å². The summed E-state index contributed by atoms with van der Waals surface area (Å²) in [5.74, 6) is -0.203. The van der Waals surface area contributed by atoms with E-state index in [-0.39, 0.29) is 5.91 Å². The topological polar surface area (TPSA) is 68.0 Å². The summed E-state index contributed by atoms with van der Waals surface area (Å²) in [4.78, 5) is 16.4. The van der Waals surface area contributed by atoms with E-state index in [0.29, 0.717) is 0 Å². The number of carbonyl (C=O) groups excluding carboxylic acids is 1. The Labute approximate surface area is 116 Å². The lowest BCUT2D eigenvalue weighted by Crippen LogP contribution is -2.32. The summed E-state index contributed by atoms with van der Waals surface area (Å²) in [5, 5.41) is 4.81. The van der Waals surface area contributed by atoms with Crippen LogP contribution in [-0.4, -0.2) is 16.9 Å². The fourth-order valence-electron chi connectivity index (χ4n) is 2.15. The molecule has 2 aromatic carbocycles. The van der Waals surface area contributed by atoms with Crippen molar-refractivity contribution >= 4 is 33.4 Å². The molecule has 0 saturated heterocycles. The highest BCUT2D eigenvalue weighted by Crippen LogP contribution is 2.26. The van der Waals surface area contributed by atoms with Crippen LogP contribution in [0.1, 0.15) is 6.92 Å². The quantitative estimate of drug-likeness (QED) is 0.700. The maximum absolute atomic E-state index is 11.8. The molecular weight excluding hydrogens is 250 g/mol. The molecule has 4 nitrogen and oxygen atoms in total. The van der Waals surface area contributed by atoms with Crippen molar-refractivity contribution in [3.05, 3.63) is 48.5 Å². The monoisotopic (exact) mass is 265 g/mol. The van der Waals surface area contributed by atoms with E-state index in [1.54, 1.807) is 6.92 Å². The highest BCUT2D eigenvalue weighted by atomic mass is 16.2. The molecule has 1 amide bonds. The van der Waals surface area contributed by atoms with Crippen LogP contribution in [0.25, 0.3) is 21.8 Å². The lowest BCUT2D eigenvalue weighted by atomic mass is 10.1. The molecule has 0 aliphatic rings. The van der Waals surface area contributed by atoms with Crippen molar-refractivity contribution in [2.75, 3.05) is 5.32 Å². The number of aromatic nitrogens is 1. The smallest absolute Gasteiger partial charge is 0.241 e. The minimum absolute atomic E-state index is 0.203. The number of hydrogen-bond acceptors (Lipinski definition) is 3. The molecule has 1 heterocycles. The molecule has 20 heavy (non-hydrogen) atoms. The number of rotatable bonds is 2. The number of anilines is 1. The molecule has 0 spiro atoms. The maximum atomic E-state index is 11.8. The van der Waals surface area contributed by atoms with Crippen LogP contribution in [0.15, 0.2) is 48.5 Å². The van der Waals surface area contributed by atoms with E-state index in [1.165, 1.54) is 0 Å². The van der Waals surface area contributed by atoms with Gasteiger partial charge in [0.05, 0.1) is 22.8 Å². The SMILES string of the molecule is C[C@H](N)C(=O)Nc1cccc2nc3ccccc3cc12. The van der Waals surface area contributed by atoms with Crippen molar-refractivity contribution < 1.29 is 4.79 Å². The summed E-state index contributed by atoms with van der Waals surface area (Å²) in [7, 11) is 0. The fraction of sp³-hybridized carbons (Fsp3) is 0.125. The summed E-state index contributed by atoms with van der Waals surface area (Å²) in [6.07, 6.45) is 0. The molecule has 0 bridgehead atoms. The van der Waals surface area contributed by atoms with Crippen LogP contribution in [0, 0.1) is 0 Å². The molecule has 4 heteroatoms. The van der Waals surface area contributed by atoms with E-state index in [2.05, 4.69) is 10.3 Å². The van der Waals surface area contributed by atoms with E-state index in [9.17, 15) is 4.79 Å². The van der Waals surface area contributed by atoms with Crippen molar-refractivity contribution in [2.24, 2.45) is 5.73 Å². The third kappa shape index (κ3) is 2.21. The van der Waals surface area contributed by atoms with E-state index >= 15 is 0 Å². The minimum Gasteiger partial charge on any atom is -0.324 e. The fourth-order valence-corrected chi connectivity index (χ4v) is 2.15. The number of fused-ring (bicyclic) bond motifs is 2. The molecule has 0 unspecified atom stereocenters. The number of hydrogen-bond donors (Lipinski definition) is 2. The third-order valence-electron chi connectivity index (χ3n) is 3.23. The van der Waals surface area contributed by atoms with Gasteiger partial charge in [-0.15, -0.1) is 0 Å². The summed E-state index contributed by atoms with van der Waals surface area (Å²) in [6.45, 7) is 1.66. The number of nitrogens with two attached hydrogens (primary N) is 1. The summed E-state index contributed by atoms with van der Waals surface area (Å²) in [5.41, 5.74) is 8.12. The van der Waals surface area contributed by atoms with Crippen molar-refractivity contribution in [1.82, 2.24) is 4.98 Å². The second-order valence-electron chi connectivity index (χ2n) is 4.83. The molecule has 0 saturated carbocycles. The van der Waals surface area contributed by atoms with Gasteiger partial charge in [-0.3, -0.25) is 4.79 Å². The van der Waals surface area contributed by atoms with Gasteiger partial charge in [0.25, 0.3) is 0 Å². The van der Waals surface area contributed by atoms with Gasteiger partial charge in [0, 0.05) is 10.8 Å². The first-order valence-corrected chi connectivity index (χ1v) is 6.50. The molecule has 3 aromatic rings. The Hall–Kier alpha value is -2.46. The maximum Gasteiger partial charge on any atom is 0.241 e. The molecular formula is C16H15N3O. The Morgan fingerprint density at radius 1 is 1.15 bits per heavy atom. The largest absolute Gasteiger partial charge is 0.324 e. The molecule has 0 radical (unpaired) electrons. The molecule has 3 N–H and O–H groups in total. The van der Waals surface area contributed by atoms with Crippen LogP contribution >= 0.6 is 0 Å². The summed E-state index contributed by atoms with van der Waals surface area (Å²) < 4.78 is 0. The second-order valence-corrected chi connectivity index (χ2v) is 4.83. The molecule has 1 atom stereocenters. The molecule has 0 aliphatic heterocycles. The first-order valence-electron chi connectivity index (χ1n) is 6.50. The molecule has 0 aliphatic carbocycles. The van der Waals surface area contributed by atoms with Crippen LogP contribution in [0.4, 0.5) is 5.69 Å². The summed E-state index contributed by atoms with van der Waals surface area (Å²) in [6, 6.07) is 15.1. The van der Waals surface area contributed by atoms with Crippen molar-refractivity contribution in [3.8, 4) is 0 Å². The number of benzene rings is 2. The Morgan fingerprint density at radius 2 is 1.90 bits per heavy atom. The standard InChI is InChI=1S/C16H15N3O/c1-10(17)16(20)19-15-8-4-7-14-12(15)9-11-5-2-3-6-13(11)18-14/h2-10H,17H2,1H3,(H,19,20)/t10-/m0/s1. The highest BCUT2D eigenvalue weighted by Gasteiger charge is 2.10. The van der Waals surface area contributed by atoms with Crippen LogP contribution < -0.4 is 11.1 Å². The van der Waals surface area contributed by atoms with E-state index in [0.717, 1.165) is 27.5 Å². The lowest BCUT2D eigenvalue weighted by Gasteiger charge is -2.11. The van der Waals surface area contributed by atoms with Crippen LogP contribution in [0.5, 0.6) is 0 Å². The minimum atomic E-state index is -0.543. The van der Waals surface area contributed by atoms with Gasteiger partial charge in [0.15, 0.2) is 0 Å². The van der Waals surface area contributed by atoms with Gasteiger partial charge in [-0.25, -0.2) is 4.98 Å². The number of para-hydroxylation sites is 1. The number of amides is 1. The number of carbonyl (C=O) groups is 1. The third-order valence-corrected chi connectivity index (χ3v) is 3.23. The molecule has 1 aromatic heterocycles. The predicted molar refractivity (Wildman–Crippen MR) is 81.5 cm³/mol. The zero-order valence-electron chi connectivity index (χ0n) is 11.1. The molecule has 3 rings (SSSR count). The highest BCUT2D eigenvalue weighted by molar-refractivity contribution is 6.05.